The number of nitrogens with zero attached hydrogens (tertiary/aromatic N) is 1. The highest BCUT2D eigenvalue weighted by Gasteiger charge is 2.10. The summed E-state index contributed by atoms with van der Waals surface area (Å²) < 4.78 is 5.48. The molecular formula is C13H20ClNO2. The maximum Gasteiger partial charge on any atom is 0.138 e. The molecule has 4 heteroatoms. The van der Waals surface area contributed by atoms with Gasteiger partial charge < -0.3 is 14.7 Å². The van der Waals surface area contributed by atoms with Crippen LogP contribution in [0.5, 0.6) is 5.75 Å². The van der Waals surface area contributed by atoms with Crippen LogP contribution in [-0.4, -0.2) is 42.4 Å². The van der Waals surface area contributed by atoms with Crippen molar-refractivity contribution in [2.24, 2.45) is 0 Å². The number of benzene rings is 1. The first-order chi connectivity index (χ1) is 8.17. The second kappa shape index (κ2) is 7.54. The molecule has 1 rings (SSSR count). The van der Waals surface area contributed by atoms with Gasteiger partial charge in [-0.05, 0) is 25.2 Å². The van der Waals surface area contributed by atoms with E-state index in [-0.39, 0.29) is 6.61 Å². The molecule has 0 unspecified atom stereocenters. The monoisotopic (exact) mass is 257 g/mol. The second-order valence-corrected chi connectivity index (χ2v) is 4.29. The molecule has 0 spiro atoms. The zero-order valence-corrected chi connectivity index (χ0v) is 11.2. The number of hydrogen-bond acceptors (Lipinski definition) is 3. The van der Waals surface area contributed by atoms with E-state index in [1.54, 1.807) is 12.1 Å². The Balaban J connectivity index is 2.38. The van der Waals surface area contributed by atoms with Crippen LogP contribution in [0, 0.1) is 0 Å². The normalized spacial score (nSPS) is 12.8. The van der Waals surface area contributed by atoms with Crippen LogP contribution in [0.3, 0.4) is 0 Å². The lowest BCUT2D eigenvalue weighted by Crippen LogP contribution is -2.35. The van der Waals surface area contributed by atoms with Crippen LogP contribution in [-0.2, 0) is 0 Å². The van der Waals surface area contributed by atoms with Gasteiger partial charge in [0.1, 0.15) is 18.5 Å². The van der Waals surface area contributed by atoms with Crippen LogP contribution in [0.15, 0.2) is 24.3 Å². The average Bonchev–Trinajstić information content (AvgIpc) is 2.35. The summed E-state index contributed by atoms with van der Waals surface area (Å²) >= 11 is 5.95. The summed E-state index contributed by atoms with van der Waals surface area (Å²) in [5.74, 6) is 0.618. The number of ether oxygens (including phenoxy) is 1. The zero-order chi connectivity index (χ0) is 12.7. The molecule has 3 nitrogen and oxygen atoms in total. The summed E-state index contributed by atoms with van der Waals surface area (Å²) in [7, 11) is 0. The van der Waals surface area contributed by atoms with Gasteiger partial charge in [0, 0.05) is 6.54 Å². The largest absolute Gasteiger partial charge is 0.489 e. The number of aliphatic hydroxyl groups excluding tert-OH is 1. The fraction of sp³-hybridized carbons (Fsp3) is 0.538. The minimum absolute atomic E-state index is 0.264. The van der Waals surface area contributed by atoms with Crippen molar-refractivity contribution < 1.29 is 9.84 Å². The predicted octanol–water partition coefficient (Wildman–Crippen LogP) is 2.42. The van der Waals surface area contributed by atoms with Crippen LogP contribution in [0.1, 0.15) is 13.8 Å². The minimum atomic E-state index is -0.494. The summed E-state index contributed by atoms with van der Waals surface area (Å²) in [6.07, 6.45) is -0.494. The lowest BCUT2D eigenvalue weighted by molar-refractivity contribution is 0.0717. The quantitative estimate of drug-likeness (QED) is 0.814. The lowest BCUT2D eigenvalue weighted by Gasteiger charge is -2.22. The Hall–Kier alpha value is -0.770. The van der Waals surface area contributed by atoms with Crippen LogP contribution < -0.4 is 4.74 Å². The van der Waals surface area contributed by atoms with Gasteiger partial charge in [-0.3, -0.25) is 0 Å². The highest BCUT2D eigenvalue weighted by Crippen LogP contribution is 2.23. The molecule has 0 saturated heterocycles. The Bertz CT molecular complexity index is 329. The molecule has 0 aromatic heterocycles. The molecule has 0 heterocycles. The van der Waals surface area contributed by atoms with E-state index < -0.39 is 6.10 Å². The Labute approximate surface area is 108 Å². The van der Waals surface area contributed by atoms with E-state index in [1.807, 2.05) is 12.1 Å². The molecule has 1 N–H and O–H groups in total. The van der Waals surface area contributed by atoms with Crippen molar-refractivity contribution >= 4 is 11.6 Å². The number of hydrogen-bond donors (Lipinski definition) is 1. The highest BCUT2D eigenvalue weighted by molar-refractivity contribution is 6.32. The summed E-state index contributed by atoms with van der Waals surface area (Å²) in [6, 6.07) is 7.28. The van der Waals surface area contributed by atoms with E-state index in [0.717, 1.165) is 13.1 Å². The van der Waals surface area contributed by atoms with Gasteiger partial charge in [0.25, 0.3) is 0 Å². The Morgan fingerprint density at radius 1 is 1.29 bits per heavy atom. The fourth-order valence-corrected chi connectivity index (χ4v) is 1.77. The zero-order valence-electron chi connectivity index (χ0n) is 10.4. The first kappa shape index (κ1) is 14.3. The smallest absolute Gasteiger partial charge is 0.138 e. The van der Waals surface area contributed by atoms with Crippen LogP contribution in [0.4, 0.5) is 0 Å². The third kappa shape index (κ3) is 4.94. The first-order valence-electron chi connectivity index (χ1n) is 5.95. The first-order valence-corrected chi connectivity index (χ1v) is 6.32. The molecule has 0 bridgehead atoms. The van der Waals surface area contributed by atoms with Crippen LogP contribution >= 0.6 is 11.6 Å². The summed E-state index contributed by atoms with van der Waals surface area (Å²) in [5.41, 5.74) is 0. The molecule has 0 saturated carbocycles. The van der Waals surface area contributed by atoms with Gasteiger partial charge in [-0.15, -0.1) is 0 Å². The third-order valence-electron chi connectivity index (χ3n) is 2.63. The number of para-hydroxylation sites is 1. The number of aliphatic hydroxyl groups is 1. The Morgan fingerprint density at radius 3 is 2.53 bits per heavy atom. The Morgan fingerprint density at radius 2 is 1.94 bits per heavy atom. The van der Waals surface area contributed by atoms with Crippen molar-refractivity contribution in [1.82, 2.24) is 4.90 Å². The van der Waals surface area contributed by atoms with E-state index in [1.165, 1.54) is 0 Å². The van der Waals surface area contributed by atoms with Gasteiger partial charge in [0.2, 0.25) is 0 Å². The molecule has 1 aromatic carbocycles. The highest BCUT2D eigenvalue weighted by atomic mass is 35.5. The predicted molar refractivity (Wildman–Crippen MR) is 70.7 cm³/mol. The molecular weight excluding hydrogens is 238 g/mol. The maximum atomic E-state index is 9.82. The fourth-order valence-electron chi connectivity index (χ4n) is 1.58. The van der Waals surface area contributed by atoms with Gasteiger partial charge in [-0.1, -0.05) is 37.6 Å². The lowest BCUT2D eigenvalue weighted by atomic mass is 10.3. The van der Waals surface area contributed by atoms with Crippen LogP contribution in [0.2, 0.25) is 5.02 Å². The van der Waals surface area contributed by atoms with E-state index in [0.29, 0.717) is 17.3 Å². The topological polar surface area (TPSA) is 32.7 Å². The molecule has 0 amide bonds. The van der Waals surface area contributed by atoms with E-state index >= 15 is 0 Å². The van der Waals surface area contributed by atoms with Gasteiger partial charge >= 0.3 is 0 Å². The minimum Gasteiger partial charge on any atom is -0.489 e. The van der Waals surface area contributed by atoms with Gasteiger partial charge in [-0.25, -0.2) is 0 Å². The number of halogens is 1. The molecule has 17 heavy (non-hydrogen) atoms. The van der Waals surface area contributed by atoms with E-state index in [4.69, 9.17) is 16.3 Å². The summed E-state index contributed by atoms with van der Waals surface area (Å²) in [6.45, 7) is 6.90. The molecule has 1 atom stereocenters. The van der Waals surface area contributed by atoms with Crippen molar-refractivity contribution in [3.05, 3.63) is 29.3 Å². The number of likely N-dealkylation sites (N-methyl/N-ethyl adjacent to an activating group) is 1. The Kier molecular flexibility index (Phi) is 6.34. The molecule has 96 valence electrons. The second-order valence-electron chi connectivity index (χ2n) is 3.88. The molecule has 0 aliphatic heterocycles. The SMILES string of the molecule is CCN(CC)C[C@@H](O)COc1ccccc1Cl. The summed E-state index contributed by atoms with van der Waals surface area (Å²) in [4.78, 5) is 2.15. The molecule has 0 fully saturated rings. The standard InChI is InChI=1S/C13H20ClNO2/c1-3-15(4-2)9-11(16)10-17-13-8-6-5-7-12(13)14/h5-8,11,16H,3-4,9-10H2,1-2H3/t11-/m1/s1. The summed E-state index contributed by atoms with van der Waals surface area (Å²) in [5, 5.41) is 10.4. The van der Waals surface area contributed by atoms with Crippen molar-refractivity contribution in [1.29, 1.82) is 0 Å². The van der Waals surface area contributed by atoms with E-state index in [2.05, 4.69) is 18.7 Å². The molecule has 0 aliphatic carbocycles. The third-order valence-corrected chi connectivity index (χ3v) is 2.94. The van der Waals surface area contributed by atoms with Crippen molar-refractivity contribution in [2.75, 3.05) is 26.2 Å². The van der Waals surface area contributed by atoms with Crippen molar-refractivity contribution in [3.8, 4) is 5.75 Å². The molecule has 0 radical (unpaired) electrons. The van der Waals surface area contributed by atoms with Crippen LogP contribution in [0.25, 0.3) is 0 Å². The molecule has 1 aromatic rings. The van der Waals surface area contributed by atoms with E-state index in [9.17, 15) is 5.11 Å². The van der Waals surface area contributed by atoms with Gasteiger partial charge in [-0.2, -0.15) is 0 Å². The molecule has 0 aliphatic rings. The van der Waals surface area contributed by atoms with Gasteiger partial charge in [0.15, 0.2) is 0 Å². The average molecular weight is 258 g/mol. The number of rotatable bonds is 7. The van der Waals surface area contributed by atoms with Crippen molar-refractivity contribution in [2.45, 2.75) is 20.0 Å². The van der Waals surface area contributed by atoms with Crippen molar-refractivity contribution in [3.63, 3.8) is 0 Å². The maximum absolute atomic E-state index is 9.82. The van der Waals surface area contributed by atoms with Gasteiger partial charge in [0.05, 0.1) is 5.02 Å².